The second-order valence-corrected chi connectivity index (χ2v) is 6.15. The van der Waals surface area contributed by atoms with Crippen molar-refractivity contribution in [3.05, 3.63) is 42.2 Å². The maximum atomic E-state index is 10.0. The SMILES string of the molecule is CCCCCCCCCCc1ccc(O)c(-c2ncccn2)c1. The Hall–Kier alpha value is -1.90. The van der Waals surface area contributed by atoms with E-state index < -0.39 is 0 Å². The Balaban J connectivity index is 1.78. The summed E-state index contributed by atoms with van der Waals surface area (Å²) in [5.41, 5.74) is 1.97. The smallest absolute Gasteiger partial charge is 0.162 e. The minimum Gasteiger partial charge on any atom is -0.507 e. The Morgan fingerprint density at radius 3 is 2.22 bits per heavy atom. The molecule has 1 aromatic carbocycles. The van der Waals surface area contributed by atoms with Crippen LogP contribution in [0.25, 0.3) is 11.4 Å². The van der Waals surface area contributed by atoms with Gasteiger partial charge in [0.1, 0.15) is 5.75 Å². The molecule has 0 bridgehead atoms. The van der Waals surface area contributed by atoms with Crippen LogP contribution < -0.4 is 0 Å². The lowest BCUT2D eigenvalue weighted by atomic mass is 10.0. The fourth-order valence-corrected chi connectivity index (χ4v) is 2.82. The zero-order valence-corrected chi connectivity index (χ0v) is 14.2. The van der Waals surface area contributed by atoms with Gasteiger partial charge in [0.05, 0.1) is 5.56 Å². The molecule has 0 fully saturated rings. The molecular weight excluding hydrogens is 284 g/mol. The average molecular weight is 312 g/mol. The van der Waals surface area contributed by atoms with Crippen LogP contribution in [0, 0.1) is 0 Å². The normalized spacial score (nSPS) is 10.8. The molecule has 0 aliphatic rings. The molecule has 0 unspecified atom stereocenters. The largest absolute Gasteiger partial charge is 0.507 e. The first-order valence-electron chi connectivity index (χ1n) is 8.90. The molecule has 0 atom stereocenters. The summed E-state index contributed by atoms with van der Waals surface area (Å²) in [5, 5.41) is 10.0. The Kier molecular flexibility index (Phi) is 7.58. The number of hydrogen-bond donors (Lipinski definition) is 1. The number of aryl methyl sites for hydroxylation is 1. The third-order valence-electron chi connectivity index (χ3n) is 4.19. The second-order valence-electron chi connectivity index (χ2n) is 6.15. The monoisotopic (exact) mass is 312 g/mol. The van der Waals surface area contributed by atoms with Crippen LogP contribution in [0.4, 0.5) is 0 Å². The van der Waals surface area contributed by atoms with Gasteiger partial charge in [-0.2, -0.15) is 0 Å². The maximum Gasteiger partial charge on any atom is 0.162 e. The standard InChI is InChI=1S/C20H28N2O/c1-2-3-4-5-6-7-8-9-11-17-12-13-19(23)18(16-17)20-21-14-10-15-22-20/h10,12-16,23H,2-9,11H2,1H3. The van der Waals surface area contributed by atoms with Gasteiger partial charge < -0.3 is 5.11 Å². The number of aromatic nitrogens is 2. The molecule has 0 saturated carbocycles. The molecule has 23 heavy (non-hydrogen) atoms. The number of unbranched alkanes of at least 4 members (excludes halogenated alkanes) is 7. The van der Waals surface area contributed by atoms with Crippen LogP contribution in [-0.4, -0.2) is 15.1 Å². The number of phenolic OH excluding ortho intramolecular Hbond substituents is 1. The molecule has 124 valence electrons. The van der Waals surface area contributed by atoms with Crippen LogP contribution in [0.3, 0.4) is 0 Å². The van der Waals surface area contributed by atoms with Gasteiger partial charge in [0.2, 0.25) is 0 Å². The fourth-order valence-electron chi connectivity index (χ4n) is 2.82. The van der Waals surface area contributed by atoms with Crippen LogP contribution in [0.2, 0.25) is 0 Å². The van der Waals surface area contributed by atoms with Crippen LogP contribution in [0.15, 0.2) is 36.7 Å². The van der Waals surface area contributed by atoms with E-state index in [4.69, 9.17) is 0 Å². The van der Waals surface area contributed by atoms with Crippen LogP contribution in [0.1, 0.15) is 63.9 Å². The van der Waals surface area contributed by atoms with Gasteiger partial charge in [0, 0.05) is 12.4 Å². The van der Waals surface area contributed by atoms with Gasteiger partial charge in [-0.25, -0.2) is 9.97 Å². The molecule has 2 aromatic rings. The number of phenols is 1. The van der Waals surface area contributed by atoms with Crippen molar-refractivity contribution in [1.82, 2.24) is 9.97 Å². The van der Waals surface area contributed by atoms with Gasteiger partial charge in [-0.05, 0) is 36.6 Å². The molecule has 2 rings (SSSR count). The number of rotatable bonds is 10. The molecule has 0 amide bonds. The highest BCUT2D eigenvalue weighted by molar-refractivity contribution is 5.64. The van der Waals surface area contributed by atoms with Crippen molar-refractivity contribution in [2.75, 3.05) is 0 Å². The highest BCUT2D eigenvalue weighted by Gasteiger charge is 2.07. The maximum absolute atomic E-state index is 10.0. The molecule has 0 spiro atoms. The van der Waals surface area contributed by atoms with Crippen molar-refractivity contribution in [3.63, 3.8) is 0 Å². The first-order valence-corrected chi connectivity index (χ1v) is 8.90. The van der Waals surface area contributed by atoms with Crippen molar-refractivity contribution in [1.29, 1.82) is 0 Å². The van der Waals surface area contributed by atoms with E-state index in [1.165, 1.54) is 56.9 Å². The van der Waals surface area contributed by atoms with E-state index in [2.05, 4.69) is 16.9 Å². The molecule has 0 aliphatic carbocycles. The lowest BCUT2D eigenvalue weighted by molar-refractivity contribution is 0.476. The second kappa shape index (κ2) is 9.98. The van der Waals surface area contributed by atoms with E-state index >= 15 is 0 Å². The van der Waals surface area contributed by atoms with E-state index in [9.17, 15) is 5.11 Å². The van der Waals surface area contributed by atoms with E-state index in [-0.39, 0.29) is 5.75 Å². The Bertz CT molecular complexity index is 569. The summed E-state index contributed by atoms with van der Waals surface area (Å²) in [7, 11) is 0. The molecule has 0 aliphatic heterocycles. The van der Waals surface area contributed by atoms with Crippen molar-refractivity contribution in [2.45, 2.75) is 64.7 Å². The lowest BCUT2D eigenvalue weighted by Crippen LogP contribution is -1.91. The van der Waals surface area contributed by atoms with E-state index in [1.807, 2.05) is 12.1 Å². The Labute approximate surface area is 139 Å². The summed E-state index contributed by atoms with van der Waals surface area (Å²) >= 11 is 0. The first kappa shape index (κ1) is 17.5. The Morgan fingerprint density at radius 2 is 1.52 bits per heavy atom. The summed E-state index contributed by atoms with van der Waals surface area (Å²) in [6.45, 7) is 2.26. The van der Waals surface area contributed by atoms with Crippen LogP contribution in [-0.2, 0) is 6.42 Å². The summed E-state index contributed by atoms with van der Waals surface area (Å²) in [5.74, 6) is 0.832. The van der Waals surface area contributed by atoms with Gasteiger partial charge in [-0.1, -0.05) is 57.9 Å². The zero-order valence-electron chi connectivity index (χ0n) is 14.2. The predicted octanol–water partition coefficient (Wildman–Crippen LogP) is 5.53. The zero-order chi connectivity index (χ0) is 16.3. The molecule has 0 radical (unpaired) electrons. The summed E-state index contributed by atoms with van der Waals surface area (Å²) in [6, 6.07) is 7.56. The third-order valence-corrected chi connectivity index (χ3v) is 4.19. The summed E-state index contributed by atoms with van der Waals surface area (Å²) in [6.07, 6.45) is 15.1. The fraction of sp³-hybridized carbons (Fsp3) is 0.500. The molecule has 1 aromatic heterocycles. The minimum absolute atomic E-state index is 0.246. The molecule has 1 N–H and O–H groups in total. The number of hydrogen-bond acceptors (Lipinski definition) is 3. The number of aromatic hydroxyl groups is 1. The molecule has 3 heteroatoms. The van der Waals surface area contributed by atoms with Crippen molar-refractivity contribution in [2.24, 2.45) is 0 Å². The molecule has 1 heterocycles. The van der Waals surface area contributed by atoms with Crippen molar-refractivity contribution in [3.8, 4) is 17.1 Å². The highest BCUT2D eigenvalue weighted by atomic mass is 16.3. The highest BCUT2D eigenvalue weighted by Crippen LogP contribution is 2.27. The first-order chi connectivity index (χ1) is 11.3. The van der Waals surface area contributed by atoms with E-state index in [0.717, 1.165) is 12.0 Å². The van der Waals surface area contributed by atoms with Crippen molar-refractivity contribution >= 4 is 0 Å². The number of benzene rings is 1. The van der Waals surface area contributed by atoms with Gasteiger partial charge in [-0.3, -0.25) is 0 Å². The van der Waals surface area contributed by atoms with Gasteiger partial charge >= 0.3 is 0 Å². The predicted molar refractivity (Wildman–Crippen MR) is 95.4 cm³/mol. The lowest BCUT2D eigenvalue weighted by Gasteiger charge is -2.07. The summed E-state index contributed by atoms with van der Waals surface area (Å²) in [4.78, 5) is 8.45. The number of nitrogens with zero attached hydrogens (tertiary/aromatic N) is 2. The molecule has 3 nitrogen and oxygen atoms in total. The third kappa shape index (κ3) is 6.01. The quantitative estimate of drug-likeness (QED) is 0.586. The van der Waals surface area contributed by atoms with E-state index in [0.29, 0.717) is 5.82 Å². The minimum atomic E-state index is 0.246. The van der Waals surface area contributed by atoms with E-state index in [1.54, 1.807) is 24.5 Å². The topological polar surface area (TPSA) is 46.0 Å². The Morgan fingerprint density at radius 1 is 0.870 bits per heavy atom. The molecular formula is C20H28N2O. The average Bonchev–Trinajstić information content (AvgIpc) is 2.59. The summed E-state index contributed by atoms with van der Waals surface area (Å²) < 4.78 is 0. The van der Waals surface area contributed by atoms with Gasteiger partial charge in [-0.15, -0.1) is 0 Å². The van der Waals surface area contributed by atoms with Crippen LogP contribution in [0.5, 0.6) is 5.75 Å². The van der Waals surface area contributed by atoms with Crippen molar-refractivity contribution < 1.29 is 5.11 Å². The van der Waals surface area contributed by atoms with Gasteiger partial charge in [0.25, 0.3) is 0 Å². The van der Waals surface area contributed by atoms with Crippen LogP contribution >= 0.6 is 0 Å². The van der Waals surface area contributed by atoms with Gasteiger partial charge in [0.15, 0.2) is 5.82 Å². The molecule has 0 saturated heterocycles.